The summed E-state index contributed by atoms with van der Waals surface area (Å²) in [6.45, 7) is 0.658. The van der Waals surface area contributed by atoms with Gasteiger partial charge in [-0.15, -0.1) is 11.3 Å². The number of aromatic nitrogens is 2. The van der Waals surface area contributed by atoms with Crippen LogP contribution in [0.4, 0.5) is 0 Å². The predicted octanol–water partition coefficient (Wildman–Crippen LogP) is 1.72. The SMILES string of the molecule is COCCn1nc(-c2cccs2)cc(/C=C/C(=O)O)c1=O. The molecule has 0 amide bonds. The Balaban J connectivity index is 2.50. The van der Waals surface area contributed by atoms with Crippen LogP contribution in [0, 0.1) is 0 Å². The van der Waals surface area contributed by atoms with Crippen LogP contribution in [0.15, 0.2) is 34.4 Å². The molecule has 110 valence electrons. The zero-order chi connectivity index (χ0) is 15.2. The highest BCUT2D eigenvalue weighted by molar-refractivity contribution is 7.13. The van der Waals surface area contributed by atoms with Gasteiger partial charge in [-0.25, -0.2) is 9.48 Å². The summed E-state index contributed by atoms with van der Waals surface area (Å²) in [5.74, 6) is -1.10. The zero-order valence-corrected chi connectivity index (χ0v) is 12.2. The molecule has 2 aromatic rings. The van der Waals surface area contributed by atoms with Crippen molar-refractivity contribution in [2.75, 3.05) is 13.7 Å². The van der Waals surface area contributed by atoms with Crippen molar-refractivity contribution in [3.8, 4) is 10.6 Å². The molecule has 2 aromatic heterocycles. The van der Waals surface area contributed by atoms with E-state index in [1.807, 2.05) is 17.5 Å². The van der Waals surface area contributed by atoms with Gasteiger partial charge in [-0.1, -0.05) is 6.07 Å². The van der Waals surface area contributed by atoms with Gasteiger partial charge in [-0.2, -0.15) is 5.10 Å². The van der Waals surface area contributed by atoms with Gasteiger partial charge >= 0.3 is 5.97 Å². The third-order valence-electron chi connectivity index (χ3n) is 2.69. The third-order valence-corrected chi connectivity index (χ3v) is 3.58. The minimum absolute atomic E-state index is 0.284. The fraction of sp³-hybridized carbons (Fsp3) is 0.214. The molecule has 6 nitrogen and oxygen atoms in total. The highest BCUT2D eigenvalue weighted by Gasteiger charge is 2.09. The average Bonchev–Trinajstić information content (AvgIpc) is 2.99. The van der Waals surface area contributed by atoms with Gasteiger partial charge in [0.05, 0.1) is 18.0 Å². The molecule has 2 heterocycles. The van der Waals surface area contributed by atoms with Gasteiger partial charge in [0.25, 0.3) is 5.56 Å². The summed E-state index contributed by atoms with van der Waals surface area (Å²) in [5.41, 5.74) is 0.572. The molecule has 0 fully saturated rings. The number of carbonyl (C=O) groups is 1. The van der Waals surface area contributed by atoms with Gasteiger partial charge in [0.2, 0.25) is 0 Å². The van der Waals surface area contributed by atoms with Crippen LogP contribution < -0.4 is 5.56 Å². The number of aliphatic carboxylic acids is 1. The number of hydrogen-bond donors (Lipinski definition) is 1. The van der Waals surface area contributed by atoms with Crippen LogP contribution in [0.25, 0.3) is 16.6 Å². The Morgan fingerprint density at radius 2 is 2.38 bits per heavy atom. The average molecular weight is 306 g/mol. The zero-order valence-electron chi connectivity index (χ0n) is 11.4. The summed E-state index contributed by atoms with van der Waals surface area (Å²) >= 11 is 1.50. The van der Waals surface area contributed by atoms with Crippen molar-refractivity contribution in [2.45, 2.75) is 6.54 Å². The summed E-state index contributed by atoms with van der Waals surface area (Å²) < 4.78 is 6.25. The van der Waals surface area contributed by atoms with E-state index in [-0.39, 0.29) is 11.1 Å². The molecule has 0 aliphatic rings. The molecule has 0 saturated heterocycles. The molecule has 0 saturated carbocycles. The fourth-order valence-electron chi connectivity index (χ4n) is 1.72. The largest absolute Gasteiger partial charge is 0.478 e. The molecule has 0 radical (unpaired) electrons. The lowest BCUT2D eigenvalue weighted by Gasteiger charge is -2.07. The minimum Gasteiger partial charge on any atom is -0.478 e. The molecular formula is C14H14N2O4S. The van der Waals surface area contributed by atoms with E-state index in [1.165, 1.54) is 22.1 Å². The Morgan fingerprint density at radius 1 is 1.57 bits per heavy atom. The fourth-order valence-corrected chi connectivity index (χ4v) is 2.40. The molecule has 2 rings (SSSR count). The second-order valence-corrected chi connectivity index (χ2v) is 5.10. The lowest BCUT2D eigenvalue weighted by atomic mass is 10.2. The number of ether oxygens (including phenoxy) is 1. The topological polar surface area (TPSA) is 81.4 Å². The van der Waals surface area contributed by atoms with E-state index in [0.717, 1.165) is 11.0 Å². The van der Waals surface area contributed by atoms with E-state index >= 15 is 0 Å². The van der Waals surface area contributed by atoms with Gasteiger partial charge in [0, 0.05) is 18.7 Å². The number of methoxy groups -OCH3 is 1. The predicted molar refractivity (Wildman–Crippen MR) is 80.4 cm³/mol. The first-order valence-corrected chi connectivity index (χ1v) is 7.06. The van der Waals surface area contributed by atoms with Crippen molar-refractivity contribution in [1.29, 1.82) is 0 Å². The first-order valence-electron chi connectivity index (χ1n) is 6.18. The maximum atomic E-state index is 12.2. The number of rotatable bonds is 6. The molecule has 7 heteroatoms. The molecule has 0 aromatic carbocycles. The lowest BCUT2D eigenvalue weighted by Crippen LogP contribution is -2.27. The standard InChI is InChI=1S/C14H14N2O4S/c1-20-7-6-16-14(19)10(4-5-13(17)18)9-11(15-16)12-3-2-8-21-12/h2-5,8-9H,6-7H2,1H3,(H,17,18)/b5-4+. The molecule has 0 aliphatic heterocycles. The number of carboxylic acid groups (broad SMARTS) is 1. The Hall–Kier alpha value is -2.25. The van der Waals surface area contributed by atoms with Gasteiger partial charge in [0.1, 0.15) is 5.69 Å². The number of hydrogen-bond acceptors (Lipinski definition) is 5. The van der Waals surface area contributed by atoms with E-state index in [2.05, 4.69) is 5.10 Å². The van der Waals surface area contributed by atoms with E-state index in [4.69, 9.17) is 9.84 Å². The van der Waals surface area contributed by atoms with Crippen molar-refractivity contribution < 1.29 is 14.6 Å². The van der Waals surface area contributed by atoms with Crippen LogP contribution in [-0.4, -0.2) is 34.6 Å². The van der Waals surface area contributed by atoms with Gasteiger partial charge in [0.15, 0.2) is 0 Å². The summed E-state index contributed by atoms with van der Waals surface area (Å²) in [6, 6.07) is 5.37. The second kappa shape index (κ2) is 6.96. The smallest absolute Gasteiger partial charge is 0.328 e. The van der Waals surface area contributed by atoms with E-state index < -0.39 is 5.97 Å². The lowest BCUT2D eigenvalue weighted by molar-refractivity contribution is -0.131. The molecule has 0 spiro atoms. The Kier molecular flexibility index (Phi) is 5.02. The van der Waals surface area contributed by atoms with Gasteiger partial charge in [-0.3, -0.25) is 4.79 Å². The second-order valence-electron chi connectivity index (χ2n) is 4.15. The molecule has 21 heavy (non-hydrogen) atoms. The van der Waals surface area contributed by atoms with Crippen LogP contribution in [0.1, 0.15) is 5.56 Å². The van der Waals surface area contributed by atoms with E-state index in [9.17, 15) is 9.59 Å². The molecule has 1 N–H and O–H groups in total. The Labute approximate surface area is 124 Å². The summed E-state index contributed by atoms with van der Waals surface area (Å²) in [4.78, 5) is 23.7. The van der Waals surface area contributed by atoms with Crippen LogP contribution in [0.2, 0.25) is 0 Å². The maximum Gasteiger partial charge on any atom is 0.328 e. The number of nitrogens with zero attached hydrogens (tertiary/aromatic N) is 2. The van der Waals surface area contributed by atoms with Crippen molar-refractivity contribution in [3.63, 3.8) is 0 Å². The molecule has 0 aliphatic carbocycles. The number of carboxylic acids is 1. The van der Waals surface area contributed by atoms with Crippen LogP contribution in [-0.2, 0) is 16.1 Å². The molecule has 0 unspecified atom stereocenters. The monoisotopic (exact) mass is 306 g/mol. The Morgan fingerprint density at radius 3 is 3.00 bits per heavy atom. The first kappa shape index (κ1) is 15.1. The third kappa shape index (κ3) is 3.87. The highest BCUT2D eigenvalue weighted by Crippen LogP contribution is 2.22. The van der Waals surface area contributed by atoms with E-state index in [0.29, 0.717) is 18.8 Å². The van der Waals surface area contributed by atoms with Crippen molar-refractivity contribution in [1.82, 2.24) is 9.78 Å². The van der Waals surface area contributed by atoms with Crippen molar-refractivity contribution in [3.05, 3.63) is 45.6 Å². The van der Waals surface area contributed by atoms with Crippen LogP contribution in [0.5, 0.6) is 0 Å². The Bertz CT molecular complexity index is 704. The van der Waals surface area contributed by atoms with Gasteiger partial charge < -0.3 is 9.84 Å². The van der Waals surface area contributed by atoms with Crippen molar-refractivity contribution >= 4 is 23.4 Å². The molecule has 0 bridgehead atoms. The quantitative estimate of drug-likeness (QED) is 0.822. The van der Waals surface area contributed by atoms with E-state index in [1.54, 1.807) is 13.2 Å². The summed E-state index contributed by atoms with van der Waals surface area (Å²) in [5, 5.41) is 14.9. The summed E-state index contributed by atoms with van der Waals surface area (Å²) in [6.07, 6.45) is 2.22. The molecular weight excluding hydrogens is 292 g/mol. The summed E-state index contributed by atoms with van der Waals surface area (Å²) in [7, 11) is 1.54. The highest BCUT2D eigenvalue weighted by atomic mass is 32.1. The van der Waals surface area contributed by atoms with Crippen LogP contribution >= 0.6 is 11.3 Å². The molecule has 0 atom stereocenters. The number of thiophene rings is 1. The van der Waals surface area contributed by atoms with Gasteiger partial charge in [-0.05, 0) is 23.6 Å². The van der Waals surface area contributed by atoms with Crippen molar-refractivity contribution in [2.24, 2.45) is 0 Å². The first-order chi connectivity index (χ1) is 10.1. The van der Waals surface area contributed by atoms with Crippen LogP contribution in [0.3, 0.4) is 0 Å². The minimum atomic E-state index is -1.10. The maximum absolute atomic E-state index is 12.2. The normalized spacial score (nSPS) is 11.1.